The van der Waals surface area contributed by atoms with Gasteiger partial charge in [-0.3, -0.25) is 0 Å². The summed E-state index contributed by atoms with van der Waals surface area (Å²) in [7, 11) is 0. The van der Waals surface area contributed by atoms with Gasteiger partial charge in [-0.2, -0.15) is 0 Å². The van der Waals surface area contributed by atoms with Crippen LogP contribution in [0.3, 0.4) is 0 Å². The van der Waals surface area contributed by atoms with Crippen molar-refractivity contribution in [2.24, 2.45) is 17.3 Å². The van der Waals surface area contributed by atoms with Gasteiger partial charge < -0.3 is 10.2 Å². The van der Waals surface area contributed by atoms with Crippen molar-refractivity contribution in [3.05, 3.63) is 0 Å². The maximum absolute atomic E-state index is 10.2. The fraction of sp³-hybridized carbons (Fsp3) is 1.00. The van der Waals surface area contributed by atoms with Crippen LogP contribution in [0.15, 0.2) is 0 Å². The first-order valence-electron chi connectivity index (χ1n) is 6.72. The van der Waals surface area contributed by atoms with Gasteiger partial charge in [-0.1, -0.05) is 47.0 Å². The highest BCUT2D eigenvalue weighted by atomic mass is 16.3. The molecule has 0 aromatic carbocycles. The maximum Gasteiger partial charge on any atom is 0.0849 e. The van der Waals surface area contributed by atoms with Gasteiger partial charge in [-0.25, -0.2) is 0 Å². The van der Waals surface area contributed by atoms with Crippen molar-refractivity contribution in [3.8, 4) is 0 Å². The molecule has 2 N–H and O–H groups in total. The maximum atomic E-state index is 10.2. The molecule has 4 atom stereocenters. The minimum atomic E-state index is -0.604. The molecule has 0 bridgehead atoms. The second-order valence-electron chi connectivity index (χ2n) is 6.50. The Hall–Kier alpha value is -0.0800. The molecule has 4 unspecified atom stereocenters. The Labute approximate surface area is 100 Å². The van der Waals surface area contributed by atoms with Gasteiger partial charge in [-0.05, 0) is 30.1 Å². The topological polar surface area (TPSA) is 40.5 Å². The summed E-state index contributed by atoms with van der Waals surface area (Å²) in [6.45, 7) is 8.18. The number of rotatable bonds is 3. The summed E-state index contributed by atoms with van der Waals surface area (Å²) in [5.74, 6) is 1.05. The third-order valence-electron chi connectivity index (χ3n) is 4.09. The molecule has 0 aromatic rings. The van der Waals surface area contributed by atoms with Crippen molar-refractivity contribution in [1.29, 1.82) is 0 Å². The Morgan fingerprint density at radius 2 is 1.81 bits per heavy atom. The molecule has 0 saturated heterocycles. The van der Waals surface area contributed by atoms with Crippen LogP contribution in [-0.4, -0.2) is 22.4 Å². The molecule has 0 spiro atoms. The van der Waals surface area contributed by atoms with Crippen LogP contribution in [0, 0.1) is 17.3 Å². The molecule has 1 fully saturated rings. The van der Waals surface area contributed by atoms with Crippen LogP contribution in [-0.2, 0) is 0 Å². The van der Waals surface area contributed by atoms with Crippen LogP contribution < -0.4 is 0 Å². The summed E-state index contributed by atoms with van der Waals surface area (Å²) in [4.78, 5) is 0. The quantitative estimate of drug-likeness (QED) is 0.779. The summed E-state index contributed by atoms with van der Waals surface area (Å²) in [5.41, 5.74) is -0.224. The van der Waals surface area contributed by atoms with Crippen LogP contribution >= 0.6 is 0 Å². The number of aliphatic hydroxyl groups excluding tert-OH is 2. The van der Waals surface area contributed by atoms with E-state index in [-0.39, 0.29) is 5.41 Å². The van der Waals surface area contributed by atoms with E-state index < -0.39 is 12.2 Å². The SMILES string of the molecule is CCC1CCCC(C(O)C(O)C(C)(C)C)C1. The van der Waals surface area contributed by atoms with E-state index in [0.717, 1.165) is 18.8 Å². The standard InChI is InChI=1S/C14H28O2/c1-5-10-7-6-8-11(9-10)12(15)13(16)14(2,3)4/h10-13,15-16H,5-9H2,1-4H3. The summed E-state index contributed by atoms with van der Waals surface area (Å²) >= 11 is 0. The van der Waals surface area contributed by atoms with Crippen molar-refractivity contribution in [2.75, 3.05) is 0 Å². The molecule has 1 rings (SSSR count). The van der Waals surface area contributed by atoms with Gasteiger partial charge in [-0.15, -0.1) is 0 Å². The van der Waals surface area contributed by atoms with Crippen molar-refractivity contribution in [1.82, 2.24) is 0 Å². The molecule has 1 aliphatic rings. The Bertz CT molecular complexity index is 207. The fourth-order valence-corrected chi connectivity index (χ4v) is 2.78. The van der Waals surface area contributed by atoms with Crippen LogP contribution in [0.5, 0.6) is 0 Å². The Balaban J connectivity index is 2.56. The van der Waals surface area contributed by atoms with Crippen LogP contribution in [0.4, 0.5) is 0 Å². The van der Waals surface area contributed by atoms with E-state index in [2.05, 4.69) is 6.92 Å². The summed E-state index contributed by atoms with van der Waals surface area (Å²) in [6.07, 6.45) is 4.72. The lowest BCUT2D eigenvalue weighted by Gasteiger charge is -2.38. The van der Waals surface area contributed by atoms with E-state index in [0.29, 0.717) is 5.92 Å². The number of hydrogen-bond acceptors (Lipinski definition) is 2. The first-order chi connectivity index (χ1) is 7.36. The molecular weight excluding hydrogens is 200 g/mol. The zero-order valence-corrected chi connectivity index (χ0v) is 11.2. The molecule has 0 aromatic heterocycles. The van der Waals surface area contributed by atoms with Gasteiger partial charge in [0.2, 0.25) is 0 Å². The van der Waals surface area contributed by atoms with Gasteiger partial charge in [0, 0.05) is 0 Å². The molecule has 96 valence electrons. The van der Waals surface area contributed by atoms with Gasteiger partial charge in [0.05, 0.1) is 12.2 Å². The molecule has 1 saturated carbocycles. The smallest absolute Gasteiger partial charge is 0.0849 e. The Morgan fingerprint density at radius 1 is 1.19 bits per heavy atom. The fourth-order valence-electron chi connectivity index (χ4n) is 2.78. The predicted octanol–water partition coefficient (Wildman–Crippen LogP) is 2.97. The average molecular weight is 228 g/mol. The van der Waals surface area contributed by atoms with Crippen LogP contribution in [0.1, 0.15) is 59.8 Å². The zero-order chi connectivity index (χ0) is 12.3. The van der Waals surface area contributed by atoms with Gasteiger partial charge in [0.1, 0.15) is 0 Å². The van der Waals surface area contributed by atoms with E-state index in [1.54, 1.807) is 0 Å². The Morgan fingerprint density at radius 3 is 2.31 bits per heavy atom. The monoisotopic (exact) mass is 228 g/mol. The van der Waals surface area contributed by atoms with Gasteiger partial charge >= 0.3 is 0 Å². The van der Waals surface area contributed by atoms with Crippen molar-refractivity contribution in [2.45, 2.75) is 72.0 Å². The molecule has 2 nitrogen and oxygen atoms in total. The molecule has 16 heavy (non-hydrogen) atoms. The highest BCUT2D eigenvalue weighted by Gasteiger charge is 2.36. The summed E-state index contributed by atoms with van der Waals surface area (Å²) in [5, 5.41) is 20.4. The molecule has 1 aliphatic carbocycles. The minimum Gasteiger partial charge on any atom is -0.390 e. The Kier molecular flexibility index (Phi) is 4.81. The van der Waals surface area contributed by atoms with E-state index in [1.807, 2.05) is 20.8 Å². The van der Waals surface area contributed by atoms with Gasteiger partial charge in [0.25, 0.3) is 0 Å². The number of aliphatic hydroxyl groups is 2. The first kappa shape index (κ1) is 14.0. The molecule has 0 aliphatic heterocycles. The van der Waals surface area contributed by atoms with Crippen molar-refractivity contribution < 1.29 is 10.2 Å². The van der Waals surface area contributed by atoms with Crippen molar-refractivity contribution >= 4 is 0 Å². The van der Waals surface area contributed by atoms with E-state index in [1.165, 1.54) is 19.3 Å². The average Bonchev–Trinajstić information content (AvgIpc) is 2.26. The third kappa shape index (κ3) is 3.46. The molecule has 2 heteroatoms. The largest absolute Gasteiger partial charge is 0.390 e. The molecular formula is C14H28O2. The van der Waals surface area contributed by atoms with E-state index >= 15 is 0 Å². The highest BCUT2D eigenvalue weighted by Crippen LogP contribution is 2.36. The first-order valence-corrected chi connectivity index (χ1v) is 6.72. The van der Waals surface area contributed by atoms with Gasteiger partial charge in [0.15, 0.2) is 0 Å². The van der Waals surface area contributed by atoms with Crippen LogP contribution in [0.25, 0.3) is 0 Å². The highest BCUT2D eigenvalue weighted by molar-refractivity contribution is 4.86. The van der Waals surface area contributed by atoms with E-state index in [4.69, 9.17) is 0 Å². The zero-order valence-electron chi connectivity index (χ0n) is 11.2. The summed E-state index contributed by atoms with van der Waals surface area (Å²) < 4.78 is 0. The normalized spacial score (nSPS) is 31.1. The second kappa shape index (κ2) is 5.50. The second-order valence-corrected chi connectivity index (χ2v) is 6.50. The lowest BCUT2D eigenvalue weighted by Crippen LogP contribution is -2.43. The minimum absolute atomic E-state index is 0.224. The van der Waals surface area contributed by atoms with Crippen LogP contribution in [0.2, 0.25) is 0 Å². The number of hydrogen-bond donors (Lipinski definition) is 2. The van der Waals surface area contributed by atoms with E-state index in [9.17, 15) is 10.2 Å². The predicted molar refractivity (Wildman–Crippen MR) is 67.2 cm³/mol. The summed E-state index contributed by atoms with van der Waals surface area (Å²) in [6, 6.07) is 0. The van der Waals surface area contributed by atoms with Crippen molar-refractivity contribution in [3.63, 3.8) is 0 Å². The lowest BCUT2D eigenvalue weighted by atomic mass is 9.73. The third-order valence-corrected chi connectivity index (χ3v) is 4.09. The molecule has 0 radical (unpaired) electrons. The lowest BCUT2D eigenvalue weighted by molar-refractivity contribution is -0.0808. The molecule has 0 amide bonds. The molecule has 0 heterocycles.